The molecule has 38 heavy (non-hydrogen) atoms. The number of sulfonamides is 1. The fourth-order valence-electron chi connectivity index (χ4n) is 5.51. The average Bonchev–Trinajstić information content (AvgIpc) is 3.19. The molecule has 200 valence electrons. The molecule has 0 radical (unpaired) electrons. The number of rotatable bonds is 7. The molecular weight excluding hydrogens is 539 g/mol. The summed E-state index contributed by atoms with van der Waals surface area (Å²) in [7, 11) is -3.95. The first kappa shape index (κ1) is 26.9. The van der Waals surface area contributed by atoms with Crippen LogP contribution in [0.5, 0.6) is 0 Å². The first-order valence-corrected chi connectivity index (χ1v) is 15.9. The number of nitrogens with one attached hydrogen (secondary N) is 1. The molecule has 3 fully saturated rings. The molecule has 2 aromatic carbocycles. The lowest BCUT2D eigenvalue weighted by Crippen LogP contribution is -2.41. The summed E-state index contributed by atoms with van der Waals surface area (Å²) >= 11 is 6.51. The molecule has 2 saturated heterocycles. The van der Waals surface area contributed by atoms with Crippen LogP contribution in [0.2, 0.25) is 0 Å². The monoisotopic (exact) mass is 569 g/mol. The van der Waals surface area contributed by atoms with E-state index in [0.29, 0.717) is 9.23 Å². The van der Waals surface area contributed by atoms with Crippen LogP contribution in [0, 0.1) is 11.8 Å². The lowest BCUT2D eigenvalue weighted by Gasteiger charge is -2.42. The minimum Gasteiger partial charge on any atom is -0.371 e. The maximum absolute atomic E-state index is 13.0. The van der Waals surface area contributed by atoms with Crippen molar-refractivity contribution in [3.8, 4) is 0 Å². The van der Waals surface area contributed by atoms with E-state index in [1.165, 1.54) is 54.8 Å². The van der Waals surface area contributed by atoms with Crippen molar-refractivity contribution in [3.63, 3.8) is 0 Å². The fourth-order valence-corrected chi connectivity index (χ4v) is 7.75. The van der Waals surface area contributed by atoms with Gasteiger partial charge in [0.2, 0.25) is 10.0 Å². The van der Waals surface area contributed by atoms with Crippen molar-refractivity contribution in [2.45, 2.75) is 32.1 Å². The highest BCUT2D eigenvalue weighted by Gasteiger charge is 2.33. The molecule has 2 unspecified atom stereocenters. The molecule has 1 saturated carbocycles. The van der Waals surface area contributed by atoms with Crippen LogP contribution in [-0.2, 0) is 14.8 Å². The summed E-state index contributed by atoms with van der Waals surface area (Å²) in [6, 6.07) is 16.3. The molecular formula is C28H31N3O4S3. The maximum Gasteiger partial charge on any atom is 0.266 e. The molecule has 10 heteroatoms. The number of thioether (sulfide) groups is 1. The van der Waals surface area contributed by atoms with Crippen molar-refractivity contribution in [2.24, 2.45) is 11.8 Å². The van der Waals surface area contributed by atoms with Gasteiger partial charge in [-0.1, -0.05) is 73.6 Å². The third-order valence-corrected chi connectivity index (χ3v) is 10.2. The quantitative estimate of drug-likeness (QED) is 0.383. The lowest BCUT2D eigenvalue weighted by atomic mass is 9.75. The number of hydrogen-bond donors (Lipinski definition) is 1. The highest BCUT2D eigenvalue weighted by atomic mass is 32.2. The molecule has 2 amide bonds. The summed E-state index contributed by atoms with van der Waals surface area (Å²) in [4.78, 5) is 29.4. The SMILES string of the molecule is O=C(NS(=O)(=O)CCN1C(=O)C(=Cc2ccc(N3CCC4CCCCC4C3)cc2)SC1=S)c1ccccc1. The first-order valence-electron chi connectivity index (χ1n) is 13.0. The van der Waals surface area contributed by atoms with Crippen LogP contribution in [0.1, 0.15) is 48.0 Å². The number of nitrogens with zero attached hydrogens (tertiary/aromatic N) is 2. The normalized spacial score (nSPS) is 23.0. The summed E-state index contributed by atoms with van der Waals surface area (Å²) in [6.45, 7) is 2.08. The first-order chi connectivity index (χ1) is 18.3. The Bertz CT molecular complexity index is 1340. The van der Waals surface area contributed by atoms with Crippen molar-refractivity contribution < 1.29 is 18.0 Å². The van der Waals surface area contributed by atoms with Gasteiger partial charge in [-0.2, -0.15) is 0 Å². The second-order valence-electron chi connectivity index (χ2n) is 10.1. The average molecular weight is 570 g/mol. The lowest BCUT2D eigenvalue weighted by molar-refractivity contribution is -0.121. The van der Waals surface area contributed by atoms with Crippen LogP contribution in [0.4, 0.5) is 5.69 Å². The summed E-state index contributed by atoms with van der Waals surface area (Å²) in [6.07, 6.45) is 8.50. The van der Waals surface area contributed by atoms with Gasteiger partial charge >= 0.3 is 0 Å². The number of carbonyl (C=O) groups excluding carboxylic acids is 2. The second kappa shape index (κ2) is 11.6. The number of piperidine rings is 1. The van der Waals surface area contributed by atoms with Gasteiger partial charge in [0.1, 0.15) is 4.32 Å². The fraction of sp³-hybridized carbons (Fsp3) is 0.393. The van der Waals surface area contributed by atoms with Crippen LogP contribution >= 0.6 is 24.0 Å². The Labute approximate surface area is 233 Å². The van der Waals surface area contributed by atoms with Crippen LogP contribution in [0.3, 0.4) is 0 Å². The molecule has 2 heterocycles. The number of hydrogen-bond acceptors (Lipinski definition) is 7. The van der Waals surface area contributed by atoms with E-state index in [-0.39, 0.29) is 18.0 Å². The highest BCUT2D eigenvalue weighted by molar-refractivity contribution is 8.26. The zero-order valence-corrected chi connectivity index (χ0v) is 23.5. The van der Waals surface area contributed by atoms with Crippen molar-refractivity contribution in [1.29, 1.82) is 0 Å². The van der Waals surface area contributed by atoms with Gasteiger partial charge in [0.25, 0.3) is 11.8 Å². The standard InChI is InChI=1S/C28H31N3O4S3/c32-26(22-7-2-1-3-8-22)29-38(34,35)17-16-31-27(33)25(37-28(31)36)18-20-10-12-24(13-11-20)30-15-14-21-6-4-5-9-23(21)19-30/h1-3,7-8,10-13,18,21,23H,4-6,9,14-17,19H2,(H,29,32). The molecule has 5 rings (SSSR count). The van der Waals surface area contributed by atoms with E-state index >= 15 is 0 Å². The number of benzene rings is 2. The van der Waals surface area contributed by atoms with E-state index < -0.39 is 21.7 Å². The molecule has 2 atom stereocenters. The van der Waals surface area contributed by atoms with E-state index in [4.69, 9.17) is 12.2 Å². The number of amides is 2. The Morgan fingerprint density at radius 3 is 2.47 bits per heavy atom. The van der Waals surface area contributed by atoms with Crippen LogP contribution in [0.25, 0.3) is 6.08 Å². The number of thiocarbonyl (C=S) groups is 1. The van der Waals surface area contributed by atoms with E-state index in [9.17, 15) is 18.0 Å². The summed E-state index contributed by atoms with van der Waals surface area (Å²) in [5.74, 6) is 0.221. The number of anilines is 1. The van der Waals surface area contributed by atoms with Gasteiger partial charge < -0.3 is 4.90 Å². The molecule has 0 aromatic heterocycles. The Hall–Kier alpha value is -2.69. The predicted octanol–water partition coefficient (Wildman–Crippen LogP) is 4.66. The van der Waals surface area contributed by atoms with Crippen LogP contribution in [-0.4, -0.2) is 54.8 Å². The maximum atomic E-state index is 13.0. The Kier molecular flexibility index (Phi) is 8.20. The minimum atomic E-state index is -3.95. The zero-order chi connectivity index (χ0) is 26.7. The van der Waals surface area contributed by atoms with E-state index in [2.05, 4.69) is 21.8 Å². The molecule has 3 aliphatic rings. The van der Waals surface area contributed by atoms with Crippen molar-refractivity contribution in [3.05, 3.63) is 70.6 Å². The van der Waals surface area contributed by atoms with Crippen LogP contribution < -0.4 is 9.62 Å². The summed E-state index contributed by atoms with van der Waals surface area (Å²) in [5, 5.41) is 0. The molecule has 2 aromatic rings. The molecule has 1 N–H and O–H groups in total. The molecule has 7 nitrogen and oxygen atoms in total. The summed E-state index contributed by atoms with van der Waals surface area (Å²) in [5.41, 5.74) is 2.35. The largest absolute Gasteiger partial charge is 0.371 e. The van der Waals surface area contributed by atoms with Gasteiger partial charge in [-0.05, 0) is 60.6 Å². The van der Waals surface area contributed by atoms with Gasteiger partial charge in [0, 0.05) is 30.9 Å². The number of carbonyl (C=O) groups is 2. The van der Waals surface area contributed by atoms with Gasteiger partial charge in [-0.15, -0.1) is 0 Å². The third kappa shape index (κ3) is 6.30. The van der Waals surface area contributed by atoms with Gasteiger partial charge in [-0.25, -0.2) is 13.1 Å². The van der Waals surface area contributed by atoms with Crippen molar-refractivity contribution >= 4 is 61.9 Å². The smallest absolute Gasteiger partial charge is 0.266 e. The van der Waals surface area contributed by atoms with E-state index in [1.54, 1.807) is 24.3 Å². The molecule has 0 spiro atoms. The van der Waals surface area contributed by atoms with Crippen molar-refractivity contribution in [1.82, 2.24) is 9.62 Å². The van der Waals surface area contributed by atoms with E-state index in [0.717, 1.165) is 42.3 Å². The molecule has 2 aliphatic heterocycles. The molecule has 1 aliphatic carbocycles. The van der Waals surface area contributed by atoms with E-state index in [1.807, 2.05) is 12.1 Å². The van der Waals surface area contributed by atoms with Gasteiger partial charge in [0.05, 0.1) is 10.7 Å². The van der Waals surface area contributed by atoms with Gasteiger partial charge in [-0.3, -0.25) is 14.5 Å². The second-order valence-corrected chi connectivity index (χ2v) is 13.6. The Morgan fingerprint density at radius 1 is 1.03 bits per heavy atom. The minimum absolute atomic E-state index is 0.129. The Balaban J connectivity index is 1.18. The van der Waals surface area contributed by atoms with Crippen molar-refractivity contribution in [2.75, 3.05) is 30.3 Å². The predicted molar refractivity (Wildman–Crippen MR) is 156 cm³/mol. The highest BCUT2D eigenvalue weighted by Crippen LogP contribution is 2.38. The number of fused-ring (bicyclic) bond motifs is 1. The Morgan fingerprint density at radius 2 is 1.74 bits per heavy atom. The van der Waals surface area contributed by atoms with Gasteiger partial charge in [0.15, 0.2) is 0 Å². The van der Waals surface area contributed by atoms with Crippen LogP contribution in [0.15, 0.2) is 59.5 Å². The molecule has 0 bridgehead atoms. The third-order valence-electron chi connectivity index (χ3n) is 7.59. The summed E-state index contributed by atoms with van der Waals surface area (Å²) < 4.78 is 27.3. The zero-order valence-electron chi connectivity index (χ0n) is 21.0. The topological polar surface area (TPSA) is 86.8 Å².